The summed E-state index contributed by atoms with van der Waals surface area (Å²) in [7, 11) is 1.66. The largest absolute Gasteiger partial charge is 0.495 e. The van der Waals surface area contributed by atoms with E-state index >= 15 is 0 Å². The molecule has 0 bridgehead atoms. The molecule has 1 heterocycles. The minimum absolute atomic E-state index is 0.0532. The molecule has 2 aromatic rings. The number of ether oxygens (including phenoxy) is 1. The summed E-state index contributed by atoms with van der Waals surface area (Å²) >= 11 is 0. The van der Waals surface area contributed by atoms with Gasteiger partial charge in [-0.3, -0.25) is 4.79 Å². The summed E-state index contributed by atoms with van der Waals surface area (Å²) in [6.07, 6.45) is 2.96. The van der Waals surface area contributed by atoms with Gasteiger partial charge in [-0.15, -0.1) is 0 Å². The van der Waals surface area contributed by atoms with Crippen LogP contribution < -0.4 is 9.64 Å². The van der Waals surface area contributed by atoms with Crippen LogP contribution in [0.15, 0.2) is 36.4 Å². The summed E-state index contributed by atoms with van der Waals surface area (Å²) in [5, 5.41) is 0. The number of benzene rings is 2. The predicted octanol–water partition coefficient (Wildman–Crippen LogP) is 4.16. The number of hydrogen-bond donors (Lipinski definition) is 0. The van der Waals surface area contributed by atoms with Gasteiger partial charge in [0.05, 0.1) is 12.8 Å². The number of fused-ring (bicyclic) bond motifs is 1. The fourth-order valence-corrected chi connectivity index (χ4v) is 3.26. The molecule has 23 heavy (non-hydrogen) atoms. The van der Waals surface area contributed by atoms with Crippen molar-refractivity contribution in [1.82, 2.24) is 0 Å². The summed E-state index contributed by atoms with van der Waals surface area (Å²) < 4.78 is 5.53. The van der Waals surface area contributed by atoms with Crippen molar-refractivity contribution in [3.63, 3.8) is 0 Å². The van der Waals surface area contributed by atoms with Gasteiger partial charge in [-0.05, 0) is 61.1 Å². The summed E-state index contributed by atoms with van der Waals surface area (Å²) in [4.78, 5) is 14.9. The number of carbonyl (C=O) groups is 1. The zero-order valence-corrected chi connectivity index (χ0v) is 14.1. The van der Waals surface area contributed by atoms with E-state index in [2.05, 4.69) is 19.9 Å². The van der Waals surface area contributed by atoms with Gasteiger partial charge < -0.3 is 9.64 Å². The predicted molar refractivity (Wildman–Crippen MR) is 93.5 cm³/mol. The van der Waals surface area contributed by atoms with Crippen LogP contribution in [0.4, 0.5) is 5.69 Å². The Kier molecular flexibility index (Phi) is 4.37. The molecule has 120 valence electrons. The lowest BCUT2D eigenvalue weighted by molar-refractivity contribution is 0.0984. The van der Waals surface area contributed by atoms with E-state index in [4.69, 9.17) is 4.74 Å². The molecule has 0 N–H and O–H groups in total. The maximum absolute atomic E-state index is 13.0. The van der Waals surface area contributed by atoms with Crippen molar-refractivity contribution >= 4 is 11.6 Å². The first-order valence-electron chi connectivity index (χ1n) is 8.23. The lowest BCUT2D eigenvalue weighted by atomic mass is 9.95. The Balaban J connectivity index is 2.02. The number of methoxy groups -OCH3 is 1. The van der Waals surface area contributed by atoms with Crippen LogP contribution >= 0.6 is 0 Å². The molecular formula is C20H23NO2. The smallest absolute Gasteiger partial charge is 0.258 e. The molecular weight excluding hydrogens is 286 g/mol. The molecule has 3 rings (SSSR count). The second kappa shape index (κ2) is 6.45. The molecule has 0 saturated carbocycles. The highest BCUT2D eigenvalue weighted by Crippen LogP contribution is 2.38. The van der Waals surface area contributed by atoms with Gasteiger partial charge in [0.15, 0.2) is 0 Å². The monoisotopic (exact) mass is 309 g/mol. The van der Waals surface area contributed by atoms with Crippen LogP contribution in [0.25, 0.3) is 0 Å². The van der Waals surface area contributed by atoms with Gasteiger partial charge in [-0.25, -0.2) is 0 Å². The highest BCUT2D eigenvalue weighted by atomic mass is 16.5. The summed E-state index contributed by atoms with van der Waals surface area (Å²) in [5.74, 6) is 0.835. The van der Waals surface area contributed by atoms with Crippen LogP contribution in [-0.4, -0.2) is 19.6 Å². The van der Waals surface area contributed by atoms with Crippen LogP contribution in [0.5, 0.6) is 5.75 Å². The van der Waals surface area contributed by atoms with Crippen molar-refractivity contribution in [3.8, 4) is 5.75 Å². The van der Waals surface area contributed by atoms with Gasteiger partial charge in [-0.2, -0.15) is 0 Å². The average molecular weight is 309 g/mol. The third-order valence-corrected chi connectivity index (χ3v) is 4.63. The number of nitrogens with zero attached hydrogens (tertiary/aromatic N) is 1. The molecule has 3 heteroatoms. The molecule has 1 aliphatic heterocycles. The van der Waals surface area contributed by atoms with Gasteiger partial charge >= 0.3 is 0 Å². The van der Waals surface area contributed by atoms with Gasteiger partial charge in [0.2, 0.25) is 0 Å². The third kappa shape index (κ3) is 2.83. The van der Waals surface area contributed by atoms with E-state index in [0.29, 0.717) is 0 Å². The minimum atomic E-state index is 0.0532. The highest BCUT2D eigenvalue weighted by Gasteiger charge is 2.27. The molecule has 0 saturated heterocycles. The number of aryl methyl sites for hydroxylation is 2. The molecule has 0 spiro atoms. The van der Waals surface area contributed by atoms with E-state index in [1.165, 1.54) is 16.7 Å². The van der Waals surface area contributed by atoms with Gasteiger partial charge in [0, 0.05) is 12.1 Å². The van der Waals surface area contributed by atoms with Crippen molar-refractivity contribution in [3.05, 3.63) is 58.7 Å². The normalized spacial score (nSPS) is 13.6. The number of rotatable bonds is 3. The molecule has 0 aromatic heterocycles. The Hall–Kier alpha value is -2.29. The molecule has 0 unspecified atom stereocenters. The quantitative estimate of drug-likeness (QED) is 0.852. The zero-order chi connectivity index (χ0) is 16.4. The van der Waals surface area contributed by atoms with E-state index in [-0.39, 0.29) is 5.91 Å². The Morgan fingerprint density at radius 2 is 1.91 bits per heavy atom. The van der Waals surface area contributed by atoms with E-state index < -0.39 is 0 Å². The van der Waals surface area contributed by atoms with Gasteiger partial charge in [0.25, 0.3) is 5.91 Å². The van der Waals surface area contributed by atoms with Crippen molar-refractivity contribution in [2.45, 2.75) is 33.1 Å². The minimum Gasteiger partial charge on any atom is -0.495 e. The molecule has 0 fully saturated rings. The molecule has 1 aliphatic rings. The highest BCUT2D eigenvalue weighted by molar-refractivity contribution is 6.07. The second-order valence-electron chi connectivity index (χ2n) is 6.02. The second-order valence-corrected chi connectivity index (χ2v) is 6.02. The first-order chi connectivity index (χ1) is 11.2. The fraction of sp³-hybridized carbons (Fsp3) is 0.350. The molecule has 0 atom stereocenters. The number of anilines is 1. The van der Waals surface area contributed by atoms with E-state index in [9.17, 15) is 4.79 Å². The Labute approximate surface area is 137 Å². The van der Waals surface area contributed by atoms with Gasteiger partial charge in [0.1, 0.15) is 5.75 Å². The van der Waals surface area contributed by atoms with E-state index in [0.717, 1.165) is 42.8 Å². The number of amides is 1. The standard InChI is InChI=1S/C20H23NO2/c1-4-15-8-10-16(11-9-15)20(22)21-13-5-6-17-14(2)7-12-18(23-3)19(17)21/h7-12H,4-6,13H2,1-3H3. The first-order valence-corrected chi connectivity index (χ1v) is 8.23. The third-order valence-electron chi connectivity index (χ3n) is 4.63. The number of carbonyl (C=O) groups excluding carboxylic acids is 1. The van der Waals surface area contributed by atoms with Crippen molar-refractivity contribution < 1.29 is 9.53 Å². The first kappa shape index (κ1) is 15.6. The zero-order valence-electron chi connectivity index (χ0n) is 14.1. The van der Waals surface area contributed by atoms with Crippen LogP contribution in [-0.2, 0) is 12.8 Å². The molecule has 0 aliphatic carbocycles. The average Bonchev–Trinajstić information content (AvgIpc) is 2.61. The maximum atomic E-state index is 13.0. The summed E-state index contributed by atoms with van der Waals surface area (Å²) in [5.41, 5.74) is 5.38. The van der Waals surface area contributed by atoms with E-state index in [1.807, 2.05) is 35.2 Å². The maximum Gasteiger partial charge on any atom is 0.258 e. The molecule has 1 amide bonds. The molecule has 2 aromatic carbocycles. The van der Waals surface area contributed by atoms with Crippen LogP contribution in [0, 0.1) is 6.92 Å². The topological polar surface area (TPSA) is 29.5 Å². The van der Waals surface area contributed by atoms with Crippen molar-refractivity contribution in [1.29, 1.82) is 0 Å². The Morgan fingerprint density at radius 1 is 1.17 bits per heavy atom. The lowest BCUT2D eigenvalue weighted by Gasteiger charge is -2.32. The number of hydrogen-bond acceptors (Lipinski definition) is 2. The van der Waals surface area contributed by atoms with Crippen LogP contribution in [0.3, 0.4) is 0 Å². The summed E-state index contributed by atoms with van der Waals surface area (Å²) in [6.45, 7) is 4.95. The molecule has 0 radical (unpaired) electrons. The SMILES string of the molecule is CCc1ccc(C(=O)N2CCCc3c(C)ccc(OC)c32)cc1. The van der Waals surface area contributed by atoms with Crippen LogP contribution in [0.2, 0.25) is 0 Å². The van der Waals surface area contributed by atoms with Crippen molar-refractivity contribution in [2.75, 3.05) is 18.6 Å². The van der Waals surface area contributed by atoms with Crippen LogP contribution in [0.1, 0.15) is 40.4 Å². The summed E-state index contributed by atoms with van der Waals surface area (Å²) in [6, 6.07) is 12.0. The Bertz CT molecular complexity index is 719. The van der Waals surface area contributed by atoms with E-state index in [1.54, 1.807) is 7.11 Å². The molecule has 3 nitrogen and oxygen atoms in total. The lowest BCUT2D eigenvalue weighted by Crippen LogP contribution is -2.36. The Morgan fingerprint density at radius 3 is 2.57 bits per heavy atom. The van der Waals surface area contributed by atoms with Crippen molar-refractivity contribution in [2.24, 2.45) is 0 Å². The van der Waals surface area contributed by atoms with Gasteiger partial charge in [-0.1, -0.05) is 25.1 Å². The fourth-order valence-electron chi connectivity index (χ4n) is 3.26.